The molecule has 0 unspecified atom stereocenters. The van der Waals surface area contributed by atoms with Crippen molar-refractivity contribution in [2.24, 2.45) is 0 Å². The molecule has 1 N–H and O–H groups in total. The van der Waals surface area contributed by atoms with Crippen LogP contribution in [0.3, 0.4) is 0 Å². The van der Waals surface area contributed by atoms with E-state index >= 15 is 0 Å². The van der Waals surface area contributed by atoms with Gasteiger partial charge in [0.05, 0.1) is 18.1 Å². The molecular formula is C18H15FN2O3S. The number of carbonyl (C=O) groups excluding carboxylic acids is 2. The summed E-state index contributed by atoms with van der Waals surface area (Å²) in [6.07, 6.45) is 0.145. The van der Waals surface area contributed by atoms with E-state index in [1.165, 1.54) is 23.9 Å². The molecule has 7 heteroatoms. The van der Waals surface area contributed by atoms with Crippen molar-refractivity contribution in [1.29, 1.82) is 5.26 Å². The van der Waals surface area contributed by atoms with Gasteiger partial charge in [-0.2, -0.15) is 5.26 Å². The van der Waals surface area contributed by atoms with Crippen LogP contribution in [-0.4, -0.2) is 24.2 Å². The molecule has 0 fully saturated rings. The third kappa shape index (κ3) is 6.65. The lowest BCUT2D eigenvalue weighted by molar-refractivity contribution is -0.146. The molecule has 2 aromatic rings. The normalized spacial score (nSPS) is 9.92. The molecule has 0 radical (unpaired) electrons. The van der Waals surface area contributed by atoms with Crippen molar-refractivity contribution in [3.63, 3.8) is 0 Å². The standard InChI is InChI=1S/C18H15FN2O3S/c19-14-3-7-16(8-4-14)25-10-9-18(23)24-12-17(22)21-15-5-1-13(11-20)2-6-15/h1-8H,9-10,12H2,(H,21,22). The fraction of sp³-hybridized carbons (Fsp3) is 0.167. The Morgan fingerprint density at radius 2 is 1.80 bits per heavy atom. The third-order valence-corrected chi connectivity index (χ3v) is 4.06. The number of ether oxygens (including phenoxy) is 1. The predicted molar refractivity (Wildman–Crippen MR) is 92.5 cm³/mol. The van der Waals surface area contributed by atoms with E-state index < -0.39 is 11.9 Å². The van der Waals surface area contributed by atoms with Crippen LogP contribution in [0.2, 0.25) is 0 Å². The Morgan fingerprint density at radius 1 is 1.12 bits per heavy atom. The highest BCUT2D eigenvalue weighted by atomic mass is 32.2. The molecule has 0 aliphatic carbocycles. The minimum atomic E-state index is -0.482. The SMILES string of the molecule is N#Cc1ccc(NC(=O)COC(=O)CCSc2ccc(F)cc2)cc1. The zero-order valence-electron chi connectivity index (χ0n) is 13.2. The molecule has 0 atom stereocenters. The zero-order valence-corrected chi connectivity index (χ0v) is 14.0. The zero-order chi connectivity index (χ0) is 18.1. The number of amides is 1. The number of benzene rings is 2. The highest BCUT2D eigenvalue weighted by Gasteiger charge is 2.08. The van der Waals surface area contributed by atoms with Crippen LogP contribution in [0.25, 0.3) is 0 Å². The number of halogens is 1. The monoisotopic (exact) mass is 358 g/mol. The van der Waals surface area contributed by atoms with E-state index in [2.05, 4.69) is 5.32 Å². The summed E-state index contributed by atoms with van der Waals surface area (Å²) in [6.45, 7) is -0.375. The number of hydrogen-bond acceptors (Lipinski definition) is 5. The molecule has 2 rings (SSSR count). The van der Waals surface area contributed by atoms with Gasteiger partial charge in [0.1, 0.15) is 5.82 Å². The van der Waals surface area contributed by atoms with Crippen LogP contribution >= 0.6 is 11.8 Å². The van der Waals surface area contributed by atoms with Crippen LogP contribution in [0.1, 0.15) is 12.0 Å². The number of rotatable bonds is 7. The highest BCUT2D eigenvalue weighted by molar-refractivity contribution is 7.99. The maximum Gasteiger partial charge on any atom is 0.307 e. The summed E-state index contributed by atoms with van der Waals surface area (Å²) in [7, 11) is 0. The van der Waals surface area contributed by atoms with Gasteiger partial charge in [0.15, 0.2) is 6.61 Å². The Hall–Kier alpha value is -2.85. The molecule has 0 saturated carbocycles. The Kier molecular flexibility index (Phi) is 6.99. The van der Waals surface area contributed by atoms with E-state index in [1.54, 1.807) is 36.4 Å². The number of nitrogens with zero attached hydrogens (tertiary/aromatic N) is 1. The van der Waals surface area contributed by atoms with Gasteiger partial charge >= 0.3 is 5.97 Å². The van der Waals surface area contributed by atoms with Crippen molar-refractivity contribution >= 4 is 29.3 Å². The highest BCUT2D eigenvalue weighted by Crippen LogP contribution is 2.19. The topological polar surface area (TPSA) is 79.2 Å². The van der Waals surface area contributed by atoms with Crippen molar-refractivity contribution in [1.82, 2.24) is 0 Å². The maximum absolute atomic E-state index is 12.8. The number of carbonyl (C=O) groups is 2. The smallest absolute Gasteiger partial charge is 0.307 e. The first-order valence-electron chi connectivity index (χ1n) is 7.41. The number of anilines is 1. The van der Waals surface area contributed by atoms with E-state index in [0.29, 0.717) is 17.0 Å². The molecule has 1 amide bonds. The molecule has 0 heterocycles. The fourth-order valence-corrected chi connectivity index (χ4v) is 2.66. The van der Waals surface area contributed by atoms with Crippen LogP contribution < -0.4 is 5.32 Å². The summed E-state index contributed by atoms with van der Waals surface area (Å²) in [5.74, 6) is -0.771. The Labute approximate surface area is 148 Å². The third-order valence-electron chi connectivity index (χ3n) is 3.05. The van der Waals surface area contributed by atoms with Crippen molar-refractivity contribution in [2.75, 3.05) is 17.7 Å². The Balaban J connectivity index is 1.65. The summed E-state index contributed by atoms with van der Waals surface area (Å²) in [6, 6.07) is 14.3. The van der Waals surface area contributed by atoms with Crippen LogP contribution in [0.15, 0.2) is 53.4 Å². The second-order valence-corrected chi connectivity index (χ2v) is 6.12. The van der Waals surface area contributed by atoms with Crippen molar-refractivity contribution in [3.05, 3.63) is 59.9 Å². The van der Waals surface area contributed by atoms with E-state index in [1.807, 2.05) is 6.07 Å². The van der Waals surface area contributed by atoms with Gasteiger partial charge in [-0.1, -0.05) is 0 Å². The molecule has 0 bridgehead atoms. The molecule has 0 aromatic heterocycles. The van der Waals surface area contributed by atoms with Gasteiger partial charge in [-0.3, -0.25) is 9.59 Å². The number of esters is 1. The van der Waals surface area contributed by atoms with Crippen molar-refractivity contribution < 1.29 is 18.7 Å². The summed E-state index contributed by atoms with van der Waals surface area (Å²) < 4.78 is 17.7. The van der Waals surface area contributed by atoms with E-state index in [4.69, 9.17) is 10.00 Å². The van der Waals surface area contributed by atoms with Crippen LogP contribution in [0.4, 0.5) is 10.1 Å². The summed E-state index contributed by atoms with van der Waals surface area (Å²) in [5, 5.41) is 11.3. The molecular weight excluding hydrogens is 343 g/mol. The number of hydrogen-bond donors (Lipinski definition) is 1. The van der Waals surface area contributed by atoms with Gasteiger partial charge in [0, 0.05) is 16.3 Å². The average Bonchev–Trinajstić information content (AvgIpc) is 2.62. The Morgan fingerprint density at radius 3 is 2.44 bits per heavy atom. The minimum absolute atomic E-state index is 0.145. The summed E-state index contributed by atoms with van der Waals surface area (Å²) in [4.78, 5) is 24.2. The fourth-order valence-electron chi connectivity index (χ4n) is 1.83. The molecule has 0 aliphatic heterocycles. The first-order valence-corrected chi connectivity index (χ1v) is 8.39. The molecule has 0 aliphatic rings. The minimum Gasteiger partial charge on any atom is -0.456 e. The van der Waals surface area contributed by atoms with Crippen molar-refractivity contribution in [2.45, 2.75) is 11.3 Å². The second-order valence-electron chi connectivity index (χ2n) is 4.95. The number of nitrogens with one attached hydrogen (secondary N) is 1. The van der Waals surface area contributed by atoms with Gasteiger partial charge in [-0.15, -0.1) is 11.8 Å². The molecule has 0 spiro atoms. The first kappa shape index (κ1) is 18.5. The van der Waals surface area contributed by atoms with Crippen LogP contribution in [0, 0.1) is 17.1 Å². The molecule has 128 valence electrons. The maximum atomic E-state index is 12.8. The Bertz CT molecular complexity index is 770. The summed E-state index contributed by atoms with van der Waals surface area (Å²) in [5.41, 5.74) is 1.01. The van der Waals surface area contributed by atoms with Gasteiger partial charge in [-0.05, 0) is 48.5 Å². The lowest BCUT2D eigenvalue weighted by atomic mass is 10.2. The lowest BCUT2D eigenvalue weighted by Gasteiger charge is -2.07. The van der Waals surface area contributed by atoms with Crippen LogP contribution in [0.5, 0.6) is 0 Å². The van der Waals surface area contributed by atoms with Gasteiger partial charge < -0.3 is 10.1 Å². The van der Waals surface area contributed by atoms with Crippen molar-refractivity contribution in [3.8, 4) is 6.07 Å². The predicted octanol–water partition coefficient (Wildman–Crippen LogP) is 3.36. The molecule has 2 aromatic carbocycles. The number of thioether (sulfide) groups is 1. The van der Waals surface area contributed by atoms with Crippen LogP contribution in [-0.2, 0) is 14.3 Å². The van der Waals surface area contributed by atoms with Gasteiger partial charge in [0.2, 0.25) is 0 Å². The lowest BCUT2D eigenvalue weighted by Crippen LogP contribution is -2.21. The van der Waals surface area contributed by atoms with E-state index in [0.717, 1.165) is 4.90 Å². The second kappa shape index (κ2) is 9.45. The van der Waals surface area contributed by atoms with E-state index in [-0.39, 0.29) is 18.8 Å². The molecule has 5 nitrogen and oxygen atoms in total. The largest absolute Gasteiger partial charge is 0.456 e. The molecule has 25 heavy (non-hydrogen) atoms. The molecule has 0 saturated heterocycles. The number of nitriles is 1. The quantitative estimate of drug-likeness (QED) is 0.606. The van der Waals surface area contributed by atoms with Gasteiger partial charge in [-0.25, -0.2) is 4.39 Å². The van der Waals surface area contributed by atoms with Gasteiger partial charge in [0.25, 0.3) is 5.91 Å². The van der Waals surface area contributed by atoms with E-state index in [9.17, 15) is 14.0 Å². The first-order chi connectivity index (χ1) is 12.1. The summed E-state index contributed by atoms with van der Waals surface area (Å²) >= 11 is 1.40. The average molecular weight is 358 g/mol.